The molecule has 2 amide bonds. The summed E-state index contributed by atoms with van der Waals surface area (Å²) in [4.78, 5) is 38.2. The summed E-state index contributed by atoms with van der Waals surface area (Å²) in [5, 5.41) is 14.2. The minimum atomic E-state index is -0.588. The Hall–Kier alpha value is -2.04. The maximum absolute atomic E-state index is 13.0. The number of nitro benzene ring substituents is 1. The molecule has 2 rings (SSSR count). The number of nitrogens with zero attached hydrogens (tertiary/aromatic N) is 2. The number of rotatable bonds is 7. The Morgan fingerprint density at radius 2 is 2.18 bits per heavy atom. The van der Waals surface area contributed by atoms with Gasteiger partial charge in [0.25, 0.3) is 11.6 Å². The highest BCUT2D eigenvalue weighted by Crippen LogP contribution is 2.35. The fourth-order valence-electron chi connectivity index (χ4n) is 3.08. The van der Waals surface area contributed by atoms with Crippen molar-refractivity contribution in [3.8, 4) is 5.75 Å². The second-order valence-corrected chi connectivity index (χ2v) is 7.00. The van der Waals surface area contributed by atoms with Gasteiger partial charge in [-0.25, -0.2) is 0 Å². The minimum Gasteiger partial charge on any atom is -0.495 e. The Morgan fingerprint density at radius 1 is 1.46 bits per heavy atom. The number of carbonyl (C=O) groups excluding carboxylic acids is 2. The maximum Gasteiger partial charge on any atom is 0.285 e. The number of nitro groups is 1. The van der Waals surface area contributed by atoms with Gasteiger partial charge < -0.3 is 20.7 Å². The number of piperidine rings is 1. The van der Waals surface area contributed by atoms with Crippen molar-refractivity contribution in [1.82, 2.24) is 10.2 Å². The van der Waals surface area contributed by atoms with Gasteiger partial charge in [0.1, 0.15) is 11.3 Å². The zero-order valence-corrected chi connectivity index (χ0v) is 17.4. The Labute approximate surface area is 173 Å². The van der Waals surface area contributed by atoms with E-state index in [-0.39, 0.29) is 42.0 Å². The predicted molar refractivity (Wildman–Crippen MR) is 109 cm³/mol. The molecule has 3 N–H and O–H groups in total. The van der Waals surface area contributed by atoms with Crippen LogP contribution in [0.2, 0.25) is 0 Å². The van der Waals surface area contributed by atoms with Crippen LogP contribution in [0.25, 0.3) is 0 Å². The number of halogens is 1. The van der Waals surface area contributed by atoms with Crippen molar-refractivity contribution < 1.29 is 19.2 Å². The molecule has 9 nitrogen and oxygen atoms in total. The summed E-state index contributed by atoms with van der Waals surface area (Å²) >= 11 is 1.34. The van der Waals surface area contributed by atoms with E-state index in [1.54, 1.807) is 6.26 Å². The summed E-state index contributed by atoms with van der Waals surface area (Å²) < 4.78 is 5.18. The van der Waals surface area contributed by atoms with Gasteiger partial charge in [-0.3, -0.25) is 19.7 Å². The Bertz CT molecular complexity index is 734. The first kappa shape index (κ1) is 24.0. The van der Waals surface area contributed by atoms with E-state index in [9.17, 15) is 19.7 Å². The van der Waals surface area contributed by atoms with Gasteiger partial charge in [-0.2, -0.15) is 0 Å². The molecule has 1 unspecified atom stereocenters. The molecule has 0 aromatic heterocycles. The van der Waals surface area contributed by atoms with Gasteiger partial charge in [0.15, 0.2) is 0 Å². The number of thioether (sulfide) groups is 1. The summed E-state index contributed by atoms with van der Waals surface area (Å²) in [5.74, 6) is -0.585. The van der Waals surface area contributed by atoms with Crippen molar-refractivity contribution in [2.24, 2.45) is 11.7 Å². The fourth-order valence-corrected chi connectivity index (χ4v) is 3.66. The van der Waals surface area contributed by atoms with Gasteiger partial charge in [0.05, 0.1) is 28.9 Å². The van der Waals surface area contributed by atoms with Crippen LogP contribution in [-0.4, -0.2) is 61.2 Å². The smallest absolute Gasteiger partial charge is 0.285 e. The number of ether oxygens (including phenoxy) is 1. The summed E-state index contributed by atoms with van der Waals surface area (Å²) in [5.41, 5.74) is 5.10. The largest absolute Gasteiger partial charge is 0.495 e. The van der Waals surface area contributed by atoms with Crippen LogP contribution in [0.4, 0.5) is 5.69 Å². The van der Waals surface area contributed by atoms with Crippen LogP contribution >= 0.6 is 24.2 Å². The fraction of sp³-hybridized carbons (Fsp3) is 0.529. The molecule has 1 aliphatic rings. The summed E-state index contributed by atoms with van der Waals surface area (Å²) in [7, 11) is 1.43. The molecule has 1 aliphatic heterocycles. The standard InChI is InChI=1S/C17H24N4O5S.ClH/c1-26-14-9-13(21(24)25)12(8-15(14)27-2)17(23)20-7-3-4-11(10-20)16(22)19-6-5-18;/h8-9,11H,3-7,10,18H2,1-2H3,(H,19,22);1H. The highest BCUT2D eigenvalue weighted by atomic mass is 35.5. The first-order valence-corrected chi connectivity index (χ1v) is 9.82. The summed E-state index contributed by atoms with van der Waals surface area (Å²) in [6, 6.07) is 2.76. The van der Waals surface area contributed by atoms with Crippen LogP contribution in [-0.2, 0) is 4.79 Å². The molecular weight excluding hydrogens is 408 g/mol. The van der Waals surface area contributed by atoms with Gasteiger partial charge in [-0.15, -0.1) is 24.2 Å². The molecule has 0 saturated carbocycles. The first-order chi connectivity index (χ1) is 12.9. The lowest BCUT2D eigenvalue weighted by atomic mass is 9.96. The number of benzene rings is 1. The molecule has 1 fully saturated rings. The monoisotopic (exact) mass is 432 g/mol. The van der Waals surface area contributed by atoms with Crippen LogP contribution in [0.5, 0.6) is 5.75 Å². The maximum atomic E-state index is 13.0. The van der Waals surface area contributed by atoms with E-state index in [1.807, 2.05) is 0 Å². The lowest BCUT2D eigenvalue weighted by molar-refractivity contribution is -0.385. The molecular formula is C17H25ClN4O5S. The van der Waals surface area contributed by atoms with Crippen molar-refractivity contribution in [2.45, 2.75) is 17.7 Å². The Balaban J connectivity index is 0.00000392. The average Bonchev–Trinajstić information content (AvgIpc) is 2.70. The Kier molecular flexibility index (Phi) is 9.50. The lowest BCUT2D eigenvalue weighted by Gasteiger charge is -2.32. The van der Waals surface area contributed by atoms with Crippen LogP contribution in [0.3, 0.4) is 0 Å². The summed E-state index contributed by atoms with van der Waals surface area (Å²) in [6.45, 7) is 1.41. The minimum absolute atomic E-state index is 0. The van der Waals surface area contributed by atoms with Crippen molar-refractivity contribution in [1.29, 1.82) is 0 Å². The van der Waals surface area contributed by atoms with E-state index in [1.165, 1.54) is 35.9 Å². The van der Waals surface area contributed by atoms with Crippen molar-refractivity contribution in [3.63, 3.8) is 0 Å². The molecule has 28 heavy (non-hydrogen) atoms. The second-order valence-electron chi connectivity index (χ2n) is 6.15. The van der Waals surface area contributed by atoms with Gasteiger partial charge in [-0.05, 0) is 25.2 Å². The van der Waals surface area contributed by atoms with Crippen molar-refractivity contribution in [3.05, 3.63) is 27.8 Å². The third-order valence-electron chi connectivity index (χ3n) is 4.45. The van der Waals surface area contributed by atoms with Gasteiger partial charge >= 0.3 is 0 Å². The molecule has 156 valence electrons. The molecule has 1 atom stereocenters. The highest BCUT2D eigenvalue weighted by molar-refractivity contribution is 7.98. The molecule has 1 aromatic rings. The van der Waals surface area contributed by atoms with Gasteiger partial charge in [-0.1, -0.05) is 0 Å². The third kappa shape index (κ3) is 5.49. The zero-order chi connectivity index (χ0) is 20.0. The molecule has 0 aliphatic carbocycles. The van der Waals surface area contributed by atoms with E-state index in [2.05, 4.69) is 5.32 Å². The topological polar surface area (TPSA) is 128 Å². The molecule has 1 saturated heterocycles. The van der Waals surface area contributed by atoms with E-state index in [0.29, 0.717) is 43.1 Å². The zero-order valence-electron chi connectivity index (χ0n) is 15.8. The van der Waals surface area contributed by atoms with Crippen LogP contribution in [0.1, 0.15) is 23.2 Å². The number of nitrogens with two attached hydrogens (primary N) is 1. The lowest BCUT2D eigenvalue weighted by Crippen LogP contribution is -2.46. The molecule has 0 radical (unpaired) electrons. The van der Waals surface area contributed by atoms with E-state index in [0.717, 1.165) is 0 Å². The van der Waals surface area contributed by atoms with Gasteiger partial charge in [0.2, 0.25) is 5.91 Å². The van der Waals surface area contributed by atoms with Crippen molar-refractivity contribution >= 4 is 41.7 Å². The van der Waals surface area contributed by atoms with Crippen LogP contribution in [0.15, 0.2) is 17.0 Å². The predicted octanol–water partition coefficient (Wildman–Crippen LogP) is 1.67. The molecule has 0 spiro atoms. The first-order valence-electron chi connectivity index (χ1n) is 8.60. The van der Waals surface area contributed by atoms with E-state index in [4.69, 9.17) is 10.5 Å². The number of methoxy groups -OCH3 is 1. The van der Waals surface area contributed by atoms with Crippen LogP contribution in [0, 0.1) is 16.0 Å². The SMILES string of the molecule is COc1cc([N+](=O)[O-])c(C(=O)N2CCCC(C(=O)NCCN)C2)cc1SC.Cl. The highest BCUT2D eigenvalue weighted by Gasteiger charge is 2.32. The summed E-state index contributed by atoms with van der Waals surface area (Å²) in [6.07, 6.45) is 3.13. The number of carbonyl (C=O) groups is 2. The number of likely N-dealkylation sites (tertiary alicyclic amines) is 1. The molecule has 11 heteroatoms. The van der Waals surface area contributed by atoms with E-state index < -0.39 is 10.8 Å². The normalized spacial score (nSPS) is 16.1. The second kappa shape index (κ2) is 11.1. The molecule has 1 heterocycles. The molecule has 0 bridgehead atoms. The number of nitrogens with one attached hydrogen (secondary N) is 1. The van der Waals surface area contributed by atoms with E-state index >= 15 is 0 Å². The average molecular weight is 433 g/mol. The van der Waals surface area contributed by atoms with Crippen molar-refractivity contribution in [2.75, 3.05) is 39.5 Å². The number of hydrogen-bond acceptors (Lipinski definition) is 7. The number of hydrogen-bond donors (Lipinski definition) is 2. The number of amides is 2. The van der Waals surface area contributed by atoms with Crippen LogP contribution < -0.4 is 15.8 Å². The quantitative estimate of drug-likeness (QED) is 0.381. The van der Waals surface area contributed by atoms with Gasteiger partial charge in [0, 0.05) is 26.2 Å². The third-order valence-corrected chi connectivity index (χ3v) is 5.21. The Morgan fingerprint density at radius 3 is 2.75 bits per heavy atom. The molecule has 1 aromatic carbocycles.